The van der Waals surface area contributed by atoms with Gasteiger partial charge in [0.1, 0.15) is 22.0 Å². The highest BCUT2D eigenvalue weighted by Crippen LogP contribution is 2.45. The van der Waals surface area contributed by atoms with E-state index in [2.05, 4.69) is 30.2 Å². The minimum atomic E-state index is -3.74. The van der Waals surface area contributed by atoms with E-state index in [1.54, 1.807) is 23.7 Å². The zero-order valence-corrected chi connectivity index (χ0v) is 23.9. The van der Waals surface area contributed by atoms with Crippen LogP contribution in [0.4, 0.5) is 5.82 Å². The third-order valence-electron chi connectivity index (χ3n) is 7.92. The molecule has 0 saturated carbocycles. The number of nitrogens with zero attached hydrogens (tertiary/aromatic N) is 8. The van der Waals surface area contributed by atoms with Crippen LogP contribution in [0, 0.1) is 6.92 Å². The molecular weight excluding hydrogens is 564 g/mol. The SMILES string of the molecule is Cc1cnc(-c2ccc(-c3cnn4c(N)c(S(C)(=O)=O)c(C5CC6CCC(C5)N6C(=O)c5nnc[nH]5)nc34)cn2)s1. The number of anilines is 1. The Morgan fingerprint density at radius 2 is 1.90 bits per heavy atom. The van der Waals surface area contributed by atoms with E-state index in [1.165, 1.54) is 10.8 Å². The van der Waals surface area contributed by atoms with Crippen LogP contribution in [0.1, 0.15) is 52.8 Å². The Morgan fingerprint density at radius 3 is 2.51 bits per heavy atom. The number of fused-ring (bicyclic) bond motifs is 3. The van der Waals surface area contributed by atoms with Crippen molar-refractivity contribution in [2.24, 2.45) is 0 Å². The second kappa shape index (κ2) is 9.41. The molecule has 2 bridgehead atoms. The van der Waals surface area contributed by atoms with Gasteiger partial charge in [-0.2, -0.15) is 9.61 Å². The summed E-state index contributed by atoms with van der Waals surface area (Å²) < 4.78 is 27.5. The van der Waals surface area contributed by atoms with Gasteiger partial charge in [0.05, 0.1) is 17.6 Å². The van der Waals surface area contributed by atoms with Gasteiger partial charge in [-0.25, -0.2) is 18.4 Å². The van der Waals surface area contributed by atoms with Gasteiger partial charge in [0.15, 0.2) is 15.5 Å². The molecule has 0 aromatic carbocycles. The number of amides is 1. The predicted molar refractivity (Wildman–Crippen MR) is 151 cm³/mol. The lowest BCUT2D eigenvalue weighted by Gasteiger charge is -2.38. The average molecular weight is 591 g/mol. The lowest BCUT2D eigenvalue weighted by Crippen LogP contribution is -2.46. The second-order valence-corrected chi connectivity index (χ2v) is 13.8. The first-order chi connectivity index (χ1) is 19.7. The number of hydrogen-bond donors (Lipinski definition) is 2. The van der Waals surface area contributed by atoms with Crippen LogP contribution in [-0.2, 0) is 9.84 Å². The van der Waals surface area contributed by atoms with Crippen molar-refractivity contribution in [1.82, 2.24) is 44.6 Å². The van der Waals surface area contributed by atoms with E-state index in [0.717, 1.165) is 40.2 Å². The fourth-order valence-electron chi connectivity index (χ4n) is 6.20. The van der Waals surface area contributed by atoms with Crippen LogP contribution >= 0.6 is 11.3 Å². The van der Waals surface area contributed by atoms with Gasteiger partial charge in [0.2, 0.25) is 5.82 Å². The molecule has 0 spiro atoms. The van der Waals surface area contributed by atoms with Crippen LogP contribution in [0.25, 0.3) is 27.5 Å². The largest absolute Gasteiger partial charge is 0.382 e. The minimum Gasteiger partial charge on any atom is -0.382 e. The van der Waals surface area contributed by atoms with Crippen molar-refractivity contribution < 1.29 is 13.2 Å². The zero-order valence-electron chi connectivity index (χ0n) is 22.2. The lowest BCUT2D eigenvalue weighted by molar-refractivity contribution is 0.0556. The first-order valence-electron chi connectivity index (χ1n) is 13.1. The summed E-state index contributed by atoms with van der Waals surface area (Å²) in [6, 6.07) is 3.68. The Kier molecular flexibility index (Phi) is 5.90. The van der Waals surface area contributed by atoms with Crippen LogP contribution < -0.4 is 5.73 Å². The Hall–Kier alpha value is -4.24. The molecule has 1 amide bonds. The standard InChI is InChI=1S/C26H26N10O3S2/c1-13-9-29-25(40-13)19-6-3-14(10-28-19)18-11-32-36-22(27)21(41(2,38)39)20(33-24(18)36)15-7-16-4-5-17(8-15)35(16)26(37)23-30-12-31-34-23/h3,6,9-12,15-17H,4-5,7-8,27H2,1-2H3,(H,30,31,34). The van der Waals surface area contributed by atoms with Gasteiger partial charge in [-0.3, -0.25) is 9.78 Å². The smallest absolute Gasteiger partial charge is 0.292 e. The van der Waals surface area contributed by atoms with Crippen LogP contribution in [0.15, 0.2) is 41.9 Å². The summed E-state index contributed by atoms with van der Waals surface area (Å²) in [5.74, 6) is -0.176. The summed E-state index contributed by atoms with van der Waals surface area (Å²) in [6.45, 7) is 2.00. The molecule has 13 nitrogen and oxygen atoms in total. The molecule has 15 heteroatoms. The minimum absolute atomic E-state index is 0.00771. The Morgan fingerprint density at radius 1 is 1.12 bits per heavy atom. The van der Waals surface area contributed by atoms with E-state index >= 15 is 0 Å². The van der Waals surface area contributed by atoms with Crippen LogP contribution in [0.5, 0.6) is 0 Å². The number of aromatic nitrogens is 8. The van der Waals surface area contributed by atoms with Gasteiger partial charge in [0, 0.05) is 52.7 Å². The van der Waals surface area contributed by atoms with E-state index in [-0.39, 0.29) is 40.4 Å². The molecule has 5 aromatic heterocycles. The average Bonchev–Trinajstić information content (AvgIpc) is 3.74. The number of H-pyrrole nitrogens is 1. The van der Waals surface area contributed by atoms with Gasteiger partial charge >= 0.3 is 0 Å². The fraction of sp³-hybridized carbons (Fsp3) is 0.346. The van der Waals surface area contributed by atoms with Crippen molar-refractivity contribution in [3.8, 4) is 21.8 Å². The lowest BCUT2D eigenvalue weighted by atomic mass is 9.87. The molecule has 2 saturated heterocycles. The predicted octanol–water partition coefficient (Wildman–Crippen LogP) is 2.88. The number of aryl methyl sites for hydroxylation is 1. The van der Waals surface area contributed by atoms with E-state index < -0.39 is 9.84 Å². The molecule has 5 aromatic rings. The van der Waals surface area contributed by atoms with E-state index in [0.29, 0.717) is 29.7 Å². The summed E-state index contributed by atoms with van der Waals surface area (Å²) >= 11 is 1.57. The number of sulfone groups is 1. The van der Waals surface area contributed by atoms with Crippen molar-refractivity contribution >= 4 is 38.5 Å². The summed E-state index contributed by atoms with van der Waals surface area (Å²) in [6.07, 6.45) is 10.5. The summed E-state index contributed by atoms with van der Waals surface area (Å²) in [5, 5.41) is 12.9. The number of nitrogen functional groups attached to an aromatic ring is 1. The molecule has 2 atom stereocenters. The molecule has 3 N–H and O–H groups in total. The van der Waals surface area contributed by atoms with Gasteiger partial charge < -0.3 is 15.6 Å². The molecule has 2 aliphatic heterocycles. The highest BCUT2D eigenvalue weighted by Gasteiger charge is 2.46. The maximum atomic E-state index is 13.1. The Balaban J connectivity index is 1.28. The Labute approximate surface area is 238 Å². The molecular formula is C26H26N10O3S2. The number of piperidine rings is 1. The number of carbonyl (C=O) groups is 1. The topological polar surface area (TPSA) is 178 Å². The van der Waals surface area contributed by atoms with E-state index in [4.69, 9.17) is 10.7 Å². The van der Waals surface area contributed by atoms with Crippen molar-refractivity contribution in [1.29, 1.82) is 0 Å². The molecule has 41 heavy (non-hydrogen) atoms. The molecule has 210 valence electrons. The van der Waals surface area contributed by atoms with Crippen LogP contribution in [-0.4, -0.2) is 77.3 Å². The number of thiazole rings is 1. The number of pyridine rings is 1. The maximum absolute atomic E-state index is 13.1. The molecule has 0 radical (unpaired) electrons. The van der Waals surface area contributed by atoms with E-state index in [1.807, 2.05) is 30.2 Å². The van der Waals surface area contributed by atoms with Crippen molar-refractivity contribution in [2.75, 3.05) is 12.0 Å². The highest BCUT2D eigenvalue weighted by atomic mass is 32.2. The number of carbonyl (C=O) groups excluding carboxylic acids is 1. The molecule has 2 unspecified atom stereocenters. The third kappa shape index (κ3) is 4.26. The molecule has 7 rings (SSSR count). The van der Waals surface area contributed by atoms with Crippen molar-refractivity contribution in [3.05, 3.63) is 53.4 Å². The van der Waals surface area contributed by atoms with Gasteiger partial charge in [-0.05, 0) is 38.7 Å². The second-order valence-electron chi connectivity index (χ2n) is 10.6. The summed E-state index contributed by atoms with van der Waals surface area (Å²) in [5.41, 5.74) is 9.61. The highest BCUT2D eigenvalue weighted by molar-refractivity contribution is 7.91. The molecule has 7 heterocycles. The first kappa shape index (κ1) is 25.7. The maximum Gasteiger partial charge on any atom is 0.292 e. The summed E-state index contributed by atoms with van der Waals surface area (Å²) in [7, 11) is -3.74. The van der Waals surface area contributed by atoms with Gasteiger partial charge in [-0.1, -0.05) is 6.07 Å². The summed E-state index contributed by atoms with van der Waals surface area (Å²) in [4.78, 5) is 32.8. The fourth-order valence-corrected chi connectivity index (χ4v) is 8.00. The number of aromatic amines is 1. The number of nitrogens with two attached hydrogens (primary N) is 1. The van der Waals surface area contributed by atoms with Crippen molar-refractivity contribution in [3.63, 3.8) is 0 Å². The Bertz CT molecular complexity index is 1880. The monoisotopic (exact) mass is 590 g/mol. The molecule has 0 aliphatic carbocycles. The first-order valence-corrected chi connectivity index (χ1v) is 15.8. The quantitative estimate of drug-likeness (QED) is 0.309. The number of hydrogen-bond acceptors (Lipinski definition) is 11. The molecule has 2 fully saturated rings. The molecule has 2 aliphatic rings. The van der Waals surface area contributed by atoms with Crippen molar-refractivity contribution in [2.45, 2.75) is 55.5 Å². The zero-order chi connectivity index (χ0) is 28.5. The van der Waals surface area contributed by atoms with Gasteiger partial charge in [-0.15, -0.1) is 21.5 Å². The number of rotatable bonds is 5. The van der Waals surface area contributed by atoms with Gasteiger partial charge in [0.25, 0.3) is 5.91 Å². The van der Waals surface area contributed by atoms with Crippen LogP contribution in [0.3, 0.4) is 0 Å². The normalized spacial score (nSPS) is 20.6. The third-order valence-corrected chi connectivity index (χ3v) is 10.0. The van der Waals surface area contributed by atoms with Crippen LogP contribution in [0.2, 0.25) is 0 Å². The number of nitrogens with one attached hydrogen (secondary N) is 1. The van der Waals surface area contributed by atoms with E-state index in [9.17, 15) is 13.2 Å².